The van der Waals surface area contributed by atoms with Gasteiger partial charge in [0.2, 0.25) is 6.79 Å². The number of amides is 1. The Labute approximate surface area is 150 Å². The lowest BCUT2D eigenvalue weighted by Crippen LogP contribution is -2.15. The first kappa shape index (κ1) is 16.0. The van der Waals surface area contributed by atoms with Crippen LogP contribution < -0.4 is 19.5 Å². The lowest BCUT2D eigenvalue weighted by molar-refractivity contribution is 0.101. The summed E-state index contributed by atoms with van der Waals surface area (Å²) in [6, 6.07) is 14.6. The van der Waals surface area contributed by atoms with Crippen molar-refractivity contribution in [2.75, 3.05) is 19.2 Å². The number of nitrogens with zero attached hydrogens (tertiary/aromatic N) is 2. The van der Waals surface area contributed by atoms with Crippen LogP contribution in [0.3, 0.4) is 0 Å². The predicted molar refractivity (Wildman–Crippen MR) is 95.7 cm³/mol. The Kier molecular flexibility index (Phi) is 3.96. The molecular formula is C19H17N3O4. The smallest absolute Gasteiger partial charge is 0.273 e. The Morgan fingerprint density at radius 2 is 1.88 bits per heavy atom. The fourth-order valence-electron chi connectivity index (χ4n) is 2.75. The molecular weight excluding hydrogens is 334 g/mol. The highest BCUT2D eigenvalue weighted by molar-refractivity contribution is 6.03. The minimum atomic E-state index is -0.251. The fraction of sp³-hybridized carbons (Fsp3) is 0.158. The van der Waals surface area contributed by atoms with Gasteiger partial charge < -0.3 is 19.5 Å². The van der Waals surface area contributed by atoms with Gasteiger partial charge in [-0.25, -0.2) is 0 Å². The van der Waals surface area contributed by atoms with Gasteiger partial charge in [-0.15, -0.1) is 0 Å². The van der Waals surface area contributed by atoms with Crippen LogP contribution in [0.5, 0.6) is 17.2 Å². The number of aromatic nitrogens is 2. The van der Waals surface area contributed by atoms with E-state index in [4.69, 9.17) is 14.2 Å². The lowest BCUT2D eigenvalue weighted by Gasteiger charge is -2.06. The summed E-state index contributed by atoms with van der Waals surface area (Å²) < 4.78 is 17.3. The number of rotatable bonds is 4. The van der Waals surface area contributed by atoms with Crippen LogP contribution in [0.1, 0.15) is 10.5 Å². The maximum absolute atomic E-state index is 12.6. The van der Waals surface area contributed by atoms with Crippen molar-refractivity contribution in [2.24, 2.45) is 7.05 Å². The van der Waals surface area contributed by atoms with Gasteiger partial charge in [0.1, 0.15) is 11.4 Å². The standard InChI is InChI=1S/C19H17N3O4/c1-22-16(10-15(21-22)12-3-6-14(24-2)7-4-12)19(23)20-13-5-8-17-18(9-13)26-11-25-17/h3-10H,11H2,1-2H3,(H,20,23). The summed E-state index contributed by atoms with van der Waals surface area (Å²) >= 11 is 0. The molecule has 0 atom stereocenters. The highest BCUT2D eigenvalue weighted by Crippen LogP contribution is 2.34. The number of fused-ring (bicyclic) bond motifs is 1. The number of carbonyl (C=O) groups excluding carboxylic acids is 1. The second-order valence-electron chi connectivity index (χ2n) is 5.79. The summed E-state index contributed by atoms with van der Waals surface area (Å²) in [5.41, 5.74) is 2.70. The molecule has 4 rings (SSSR count). The van der Waals surface area contributed by atoms with Crippen LogP contribution in [-0.2, 0) is 7.05 Å². The molecule has 3 aromatic rings. The quantitative estimate of drug-likeness (QED) is 0.782. The minimum Gasteiger partial charge on any atom is -0.497 e. The molecule has 0 radical (unpaired) electrons. The molecule has 1 N–H and O–H groups in total. The van der Waals surface area contributed by atoms with E-state index in [2.05, 4.69) is 10.4 Å². The normalized spacial score (nSPS) is 12.1. The van der Waals surface area contributed by atoms with Gasteiger partial charge in [0.25, 0.3) is 5.91 Å². The van der Waals surface area contributed by atoms with Gasteiger partial charge in [0.05, 0.1) is 12.8 Å². The van der Waals surface area contributed by atoms with Crippen molar-refractivity contribution in [3.05, 3.63) is 54.2 Å². The Hall–Kier alpha value is -3.48. The molecule has 26 heavy (non-hydrogen) atoms. The molecule has 2 aromatic carbocycles. The molecule has 2 heterocycles. The number of carbonyl (C=O) groups is 1. The number of hydrogen-bond acceptors (Lipinski definition) is 5. The minimum absolute atomic E-state index is 0.194. The molecule has 0 unspecified atom stereocenters. The van der Waals surface area contributed by atoms with E-state index >= 15 is 0 Å². The van der Waals surface area contributed by atoms with Crippen molar-refractivity contribution in [3.63, 3.8) is 0 Å². The highest BCUT2D eigenvalue weighted by Gasteiger charge is 2.17. The van der Waals surface area contributed by atoms with Crippen LogP contribution in [0.15, 0.2) is 48.5 Å². The largest absolute Gasteiger partial charge is 0.497 e. The molecule has 132 valence electrons. The van der Waals surface area contributed by atoms with E-state index in [-0.39, 0.29) is 12.7 Å². The first-order valence-corrected chi connectivity index (χ1v) is 8.03. The van der Waals surface area contributed by atoms with Gasteiger partial charge in [0.15, 0.2) is 11.5 Å². The van der Waals surface area contributed by atoms with Crippen molar-refractivity contribution in [1.82, 2.24) is 9.78 Å². The molecule has 0 saturated carbocycles. The molecule has 1 amide bonds. The number of aryl methyl sites for hydroxylation is 1. The number of anilines is 1. The molecule has 0 fully saturated rings. The zero-order valence-electron chi connectivity index (χ0n) is 14.4. The summed E-state index contributed by atoms with van der Waals surface area (Å²) in [7, 11) is 3.36. The average molecular weight is 351 g/mol. The molecule has 0 bridgehead atoms. The van der Waals surface area contributed by atoms with Crippen LogP contribution in [0, 0.1) is 0 Å². The average Bonchev–Trinajstić information content (AvgIpc) is 3.27. The number of nitrogens with one attached hydrogen (secondary N) is 1. The zero-order valence-corrected chi connectivity index (χ0v) is 14.4. The Morgan fingerprint density at radius 3 is 2.65 bits per heavy atom. The molecule has 0 saturated heterocycles. The van der Waals surface area contributed by atoms with Crippen molar-refractivity contribution in [1.29, 1.82) is 0 Å². The van der Waals surface area contributed by atoms with Crippen LogP contribution in [0.25, 0.3) is 11.3 Å². The number of hydrogen-bond donors (Lipinski definition) is 1. The third-order valence-corrected chi connectivity index (χ3v) is 4.13. The van der Waals surface area contributed by atoms with E-state index in [0.717, 1.165) is 11.3 Å². The number of methoxy groups -OCH3 is 1. The third kappa shape index (κ3) is 2.95. The lowest BCUT2D eigenvalue weighted by atomic mass is 10.1. The summed E-state index contributed by atoms with van der Waals surface area (Å²) in [5.74, 6) is 1.81. The molecule has 7 nitrogen and oxygen atoms in total. The SMILES string of the molecule is COc1ccc(-c2cc(C(=O)Nc3ccc4c(c3)OCO4)n(C)n2)cc1. The van der Waals surface area contributed by atoms with Crippen LogP contribution in [-0.4, -0.2) is 29.6 Å². The predicted octanol–water partition coefficient (Wildman–Crippen LogP) is 3.08. The van der Waals surface area contributed by atoms with E-state index in [1.54, 1.807) is 43.1 Å². The Morgan fingerprint density at radius 1 is 1.12 bits per heavy atom. The third-order valence-electron chi connectivity index (χ3n) is 4.13. The summed E-state index contributed by atoms with van der Waals surface area (Å²) in [4.78, 5) is 12.6. The van der Waals surface area contributed by atoms with Crippen molar-refractivity contribution < 1.29 is 19.0 Å². The molecule has 0 aliphatic carbocycles. The molecule has 1 aliphatic rings. The first-order valence-electron chi connectivity index (χ1n) is 8.03. The van der Waals surface area contributed by atoms with Crippen molar-refractivity contribution in [2.45, 2.75) is 0 Å². The molecule has 7 heteroatoms. The van der Waals surface area contributed by atoms with E-state index in [1.807, 2.05) is 24.3 Å². The van der Waals surface area contributed by atoms with Crippen molar-refractivity contribution in [3.8, 4) is 28.5 Å². The summed E-state index contributed by atoms with van der Waals surface area (Å²) in [5, 5.41) is 7.28. The second-order valence-corrected chi connectivity index (χ2v) is 5.79. The zero-order chi connectivity index (χ0) is 18.1. The van der Waals surface area contributed by atoms with Gasteiger partial charge in [-0.2, -0.15) is 5.10 Å². The van der Waals surface area contributed by atoms with Gasteiger partial charge in [-0.1, -0.05) is 0 Å². The molecule has 0 spiro atoms. The molecule has 1 aliphatic heterocycles. The highest BCUT2D eigenvalue weighted by atomic mass is 16.7. The van der Waals surface area contributed by atoms with Crippen molar-refractivity contribution >= 4 is 11.6 Å². The van der Waals surface area contributed by atoms with E-state index in [1.165, 1.54) is 0 Å². The topological polar surface area (TPSA) is 74.6 Å². The monoisotopic (exact) mass is 351 g/mol. The Balaban J connectivity index is 1.55. The summed E-state index contributed by atoms with van der Waals surface area (Å²) in [6.45, 7) is 0.194. The maximum Gasteiger partial charge on any atom is 0.273 e. The van der Waals surface area contributed by atoms with E-state index in [0.29, 0.717) is 28.6 Å². The number of benzene rings is 2. The molecule has 1 aromatic heterocycles. The van der Waals surface area contributed by atoms with E-state index < -0.39 is 0 Å². The Bertz CT molecular complexity index is 963. The van der Waals surface area contributed by atoms with Gasteiger partial charge in [-0.3, -0.25) is 9.48 Å². The summed E-state index contributed by atoms with van der Waals surface area (Å²) in [6.07, 6.45) is 0. The van der Waals surface area contributed by atoms with Gasteiger partial charge in [-0.05, 0) is 42.5 Å². The fourth-order valence-corrected chi connectivity index (χ4v) is 2.75. The first-order chi connectivity index (χ1) is 12.6. The van der Waals surface area contributed by atoms with Gasteiger partial charge >= 0.3 is 0 Å². The number of ether oxygens (including phenoxy) is 3. The van der Waals surface area contributed by atoms with Crippen LogP contribution >= 0.6 is 0 Å². The second kappa shape index (κ2) is 6.44. The van der Waals surface area contributed by atoms with Crippen LogP contribution in [0.2, 0.25) is 0 Å². The maximum atomic E-state index is 12.6. The van der Waals surface area contributed by atoms with Crippen LogP contribution in [0.4, 0.5) is 5.69 Å². The van der Waals surface area contributed by atoms with E-state index in [9.17, 15) is 4.79 Å². The van der Waals surface area contributed by atoms with Gasteiger partial charge in [0, 0.05) is 24.4 Å².